The molecule has 0 spiro atoms. The van der Waals surface area contributed by atoms with E-state index in [-0.39, 0.29) is 37.3 Å². The van der Waals surface area contributed by atoms with Crippen molar-refractivity contribution in [3.8, 4) is 0 Å². The number of amides is 2. The van der Waals surface area contributed by atoms with Gasteiger partial charge in [-0.25, -0.2) is 13.6 Å². The van der Waals surface area contributed by atoms with Crippen molar-refractivity contribution < 1.29 is 33.3 Å². The number of aliphatic hydroxyl groups is 2. The average molecular weight is 497 g/mol. The molecule has 2 aliphatic rings. The van der Waals surface area contributed by atoms with Gasteiger partial charge >= 0.3 is 6.09 Å². The number of carbonyl (C=O) groups is 2. The summed E-state index contributed by atoms with van der Waals surface area (Å²) in [6.07, 6.45) is 1.42. The molecule has 3 rings (SSSR count). The number of nitrogens with one attached hydrogen (secondary N) is 2. The van der Waals surface area contributed by atoms with Crippen molar-refractivity contribution in [1.82, 2.24) is 10.6 Å². The van der Waals surface area contributed by atoms with Gasteiger partial charge < -0.3 is 25.6 Å². The zero-order chi connectivity index (χ0) is 25.8. The number of hydrogen-bond donors (Lipinski definition) is 4. The van der Waals surface area contributed by atoms with Gasteiger partial charge in [0.25, 0.3) is 0 Å². The Balaban J connectivity index is 1.72. The second kappa shape index (κ2) is 11.2. The first-order chi connectivity index (χ1) is 16.5. The molecule has 2 aliphatic carbocycles. The number of rotatable bonds is 8. The summed E-state index contributed by atoms with van der Waals surface area (Å²) in [4.78, 5) is 25.1. The molecule has 6 atom stereocenters. The zero-order valence-electron chi connectivity index (χ0n) is 20.8. The van der Waals surface area contributed by atoms with Gasteiger partial charge in [0.1, 0.15) is 17.7 Å². The molecule has 2 saturated carbocycles. The highest BCUT2D eigenvalue weighted by Gasteiger charge is 2.60. The number of alkyl carbamates (subject to hydrolysis) is 1. The predicted octanol–water partition coefficient (Wildman–Crippen LogP) is 3.66. The fourth-order valence-corrected chi connectivity index (χ4v) is 6.36. The third-order valence-corrected chi connectivity index (χ3v) is 8.26. The lowest BCUT2D eigenvalue weighted by Gasteiger charge is -2.60. The van der Waals surface area contributed by atoms with Crippen molar-refractivity contribution in [2.24, 2.45) is 22.7 Å². The molecule has 1 aromatic rings. The van der Waals surface area contributed by atoms with E-state index >= 15 is 0 Å². The molecule has 0 saturated heterocycles. The van der Waals surface area contributed by atoms with E-state index in [1.165, 1.54) is 12.1 Å². The summed E-state index contributed by atoms with van der Waals surface area (Å²) in [5, 5.41) is 26.8. The Morgan fingerprint density at radius 3 is 2.43 bits per heavy atom. The molecule has 196 valence electrons. The van der Waals surface area contributed by atoms with Gasteiger partial charge in [0, 0.05) is 31.0 Å². The lowest BCUT2D eigenvalue weighted by molar-refractivity contribution is -0.186. The highest BCUT2D eigenvalue weighted by molar-refractivity contribution is 5.76. The van der Waals surface area contributed by atoms with Crippen molar-refractivity contribution in [2.45, 2.75) is 78.0 Å². The Morgan fingerprint density at radius 1 is 1.11 bits per heavy atom. The molecule has 35 heavy (non-hydrogen) atoms. The number of halogens is 2. The van der Waals surface area contributed by atoms with E-state index in [1.54, 1.807) is 0 Å². The standard InChI is InChI=1S/C26H38F2N2O5/c1-4-9-29-24(34)35-22-7-8-25(2)19(20(32)5-6-21(25)26(22,3)15-31)13-23(33)30-14-16-10-17(27)12-18(28)11-16/h10-12,19-22,31-32H,4-9,13-15H2,1-3H3,(H,29,34)(H,30,33)/t19-,20-,21+,22-,25+,26+/m1/s1. The van der Waals surface area contributed by atoms with Gasteiger partial charge in [0.05, 0.1) is 12.7 Å². The van der Waals surface area contributed by atoms with Crippen LogP contribution in [0.1, 0.15) is 64.9 Å². The second-order valence-electron chi connectivity index (χ2n) is 10.6. The molecule has 0 unspecified atom stereocenters. The number of carbonyl (C=O) groups excluding carboxylic acids is 2. The lowest BCUT2D eigenvalue weighted by Crippen LogP contribution is -2.61. The number of fused-ring (bicyclic) bond motifs is 1. The summed E-state index contributed by atoms with van der Waals surface area (Å²) in [7, 11) is 0. The summed E-state index contributed by atoms with van der Waals surface area (Å²) in [5.41, 5.74) is -0.863. The van der Waals surface area contributed by atoms with E-state index in [0.717, 1.165) is 12.5 Å². The average Bonchev–Trinajstić information content (AvgIpc) is 2.80. The molecule has 9 heteroatoms. The first-order valence-electron chi connectivity index (χ1n) is 12.5. The lowest BCUT2D eigenvalue weighted by atomic mass is 9.46. The minimum absolute atomic E-state index is 0.0202. The van der Waals surface area contributed by atoms with E-state index in [2.05, 4.69) is 10.6 Å². The van der Waals surface area contributed by atoms with Crippen LogP contribution in [0.5, 0.6) is 0 Å². The fraction of sp³-hybridized carbons (Fsp3) is 0.692. The van der Waals surface area contributed by atoms with Crippen molar-refractivity contribution in [3.63, 3.8) is 0 Å². The molecule has 2 fully saturated rings. The number of benzene rings is 1. The predicted molar refractivity (Wildman–Crippen MR) is 126 cm³/mol. The molecule has 1 aromatic carbocycles. The molecule has 4 N–H and O–H groups in total. The van der Waals surface area contributed by atoms with Gasteiger partial charge in [-0.3, -0.25) is 4.79 Å². The summed E-state index contributed by atoms with van der Waals surface area (Å²) in [6, 6.07) is 3.11. The highest BCUT2D eigenvalue weighted by atomic mass is 19.1. The quantitative estimate of drug-likeness (QED) is 0.439. The van der Waals surface area contributed by atoms with Crippen LogP contribution in [-0.2, 0) is 16.1 Å². The number of ether oxygens (including phenoxy) is 1. The van der Waals surface area contributed by atoms with Crippen LogP contribution in [0.2, 0.25) is 0 Å². The van der Waals surface area contributed by atoms with Crippen LogP contribution in [0.4, 0.5) is 13.6 Å². The van der Waals surface area contributed by atoms with E-state index in [4.69, 9.17) is 4.74 Å². The third-order valence-electron chi connectivity index (χ3n) is 8.26. The van der Waals surface area contributed by atoms with Crippen LogP contribution in [0.3, 0.4) is 0 Å². The maximum Gasteiger partial charge on any atom is 0.407 e. The van der Waals surface area contributed by atoms with Crippen molar-refractivity contribution in [2.75, 3.05) is 13.2 Å². The molecule has 0 aromatic heterocycles. The smallest absolute Gasteiger partial charge is 0.407 e. The SMILES string of the molecule is CCCNC(=O)O[C@@H]1CC[C@]2(C)[C@H](CC[C@@H](O)[C@H]2CC(=O)NCc2cc(F)cc(F)c2)[C@]1(C)CO. The highest BCUT2D eigenvalue weighted by Crippen LogP contribution is 2.61. The zero-order valence-corrected chi connectivity index (χ0v) is 20.8. The van der Waals surface area contributed by atoms with Gasteiger partial charge in [-0.2, -0.15) is 0 Å². The molecule has 2 amide bonds. The Bertz CT molecular complexity index is 895. The minimum atomic E-state index is -0.718. The van der Waals surface area contributed by atoms with E-state index in [9.17, 15) is 28.6 Å². The fourth-order valence-electron chi connectivity index (χ4n) is 6.36. The monoisotopic (exact) mass is 496 g/mol. The molecule has 0 radical (unpaired) electrons. The number of aliphatic hydroxyl groups excluding tert-OH is 2. The third kappa shape index (κ3) is 5.94. The second-order valence-corrected chi connectivity index (χ2v) is 10.6. The van der Waals surface area contributed by atoms with Crippen LogP contribution >= 0.6 is 0 Å². The topological polar surface area (TPSA) is 108 Å². The van der Waals surface area contributed by atoms with Crippen molar-refractivity contribution >= 4 is 12.0 Å². The van der Waals surface area contributed by atoms with Gasteiger partial charge in [-0.15, -0.1) is 0 Å². The molecular formula is C26H38F2N2O5. The summed E-state index contributed by atoms with van der Waals surface area (Å²) in [6.45, 7) is 6.21. The molecular weight excluding hydrogens is 458 g/mol. The number of hydrogen-bond acceptors (Lipinski definition) is 5. The van der Waals surface area contributed by atoms with Crippen LogP contribution in [0.15, 0.2) is 18.2 Å². The van der Waals surface area contributed by atoms with Crippen LogP contribution in [0.25, 0.3) is 0 Å². The van der Waals surface area contributed by atoms with Crippen LogP contribution in [-0.4, -0.2) is 47.6 Å². The first-order valence-corrected chi connectivity index (χ1v) is 12.5. The Labute approximate surface area is 205 Å². The van der Waals surface area contributed by atoms with Crippen LogP contribution in [0, 0.1) is 34.3 Å². The molecule has 0 bridgehead atoms. The summed E-state index contributed by atoms with van der Waals surface area (Å²) >= 11 is 0. The van der Waals surface area contributed by atoms with E-state index in [1.807, 2.05) is 20.8 Å². The van der Waals surface area contributed by atoms with Gasteiger partial charge in [-0.1, -0.05) is 20.8 Å². The van der Waals surface area contributed by atoms with Crippen molar-refractivity contribution in [3.05, 3.63) is 35.4 Å². The summed E-state index contributed by atoms with van der Waals surface area (Å²) < 4.78 is 32.6. The summed E-state index contributed by atoms with van der Waals surface area (Å²) in [5.74, 6) is -2.18. The molecule has 0 aliphatic heterocycles. The Hall–Kier alpha value is -2.26. The molecule has 7 nitrogen and oxygen atoms in total. The molecule has 0 heterocycles. The Morgan fingerprint density at radius 2 is 1.80 bits per heavy atom. The normalized spacial score (nSPS) is 32.4. The van der Waals surface area contributed by atoms with Gasteiger partial charge in [0.2, 0.25) is 5.91 Å². The maximum absolute atomic E-state index is 13.4. The largest absolute Gasteiger partial charge is 0.446 e. The van der Waals surface area contributed by atoms with Gasteiger partial charge in [0.15, 0.2) is 0 Å². The van der Waals surface area contributed by atoms with Gasteiger partial charge in [-0.05, 0) is 67.1 Å². The first kappa shape index (κ1) is 27.3. The van der Waals surface area contributed by atoms with E-state index in [0.29, 0.717) is 37.8 Å². The Kier molecular flexibility index (Phi) is 8.75. The van der Waals surface area contributed by atoms with Crippen molar-refractivity contribution in [1.29, 1.82) is 0 Å². The van der Waals surface area contributed by atoms with E-state index < -0.39 is 40.8 Å². The maximum atomic E-state index is 13.4. The van der Waals surface area contributed by atoms with Crippen LogP contribution < -0.4 is 10.6 Å². The minimum Gasteiger partial charge on any atom is -0.446 e.